The monoisotopic (exact) mass is 170 g/mol. The highest BCUT2D eigenvalue weighted by atomic mass is 16.5. The Labute approximate surface area is 74.3 Å². The van der Waals surface area contributed by atoms with Crippen LogP contribution in [-0.2, 0) is 9.53 Å². The Balaban J connectivity index is 2.04. The zero-order valence-electron chi connectivity index (χ0n) is 8.01. The van der Waals surface area contributed by atoms with Crippen molar-refractivity contribution in [2.75, 3.05) is 6.61 Å². The SMILES string of the molecule is CC(C)CCCC1COC(=O)C1. The molecule has 1 saturated heterocycles. The van der Waals surface area contributed by atoms with E-state index in [2.05, 4.69) is 13.8 Å². The summed E-state index contributed by atoms with van der Waals surface area (Å²) >= 11 is 0. The van der Waals surface area contributed by atoms with Crippen molar-refractivity contribution in [2.45, 2.75) is 39.5 Å². The molecule has 2 nitrogen and oxygen atoms in total. The Bertz CT molecular complexity index is 152. The van der Waals surface area contributed by atoms with Crippen LogP contribution in [0.4, 0.5) is 0 Å². The standard InChI is InChI=1S/C10H18O2/c1-8(2)4-3-5-9-6-10(11)12-7-9/h8-9H,3-7H2,1-2H3. The van der Waals surface area contributed by atoms with Crippen LogP contribution in [0, 0.1) is 11.8 Å². The van der Waals surface area contributed by atoms with Crippen molar-refractivity contribution in [3.05, 3.63) is 0 Å². The molecular weight excluding hydrogens is 152 g/mol. The summed E-state index contributed by atoms with van der Waals surface area (Å²) in [5, 5.41) is 0. The second kappa shape index (κ2) is 4.48. The fourth-order valence-electron chi connectivity index (χ4n) is 1.56. The van der Waals surface area contributed by atoms with Crippen molar-refractivity contribution in [3.8, 4) is 0 Å². The normalized spacial score (nSPS) is 23.2. The molecule has 0 aromatic rings. The first-order valence-electron chi connectivity index (χ1n) is 4.84. The lowest BCUT2D eigenvalue weighted by Gasteiger charge is -2.06. The number of hydrogen-bond acceptors (Lipinski definition) is 2. The topological polar surface area (TPSA) is 26.3 Å². The molecule has 0 aromatic carbocycles. The van der Waals surface area contributed by atoms with Crippen molar-refractivity contribution in [1.29, 1.82) is 0 Å². The Kier molecular flexibility index (Phi) is 3.57. The van der Waals surface area contributed by atoms with Crippen LogP contribution in [0.3, 0.4) is 0 Å². The quantitative estimate of drug-likeness (QED) is 0.605. The highest BCUT2D eigenvalue weighted by Gasteiger charge is 2.22. The van der Waals surface area contributed by atoms with Gasteiger partial charge in [0.15, 0.2) is 0 Å². The molecule has 0 aliphatic carbocycles. The number of carbonyl (C=O) groups is 1. The van der Waals surface area contributed by atoms with E-state index in [1.165, 1.54) is 12.8 Å². The smallest absolute Gasteiger partial charge is 0.306 e. The lowest BCUT2D eigenvalue weighted by molar-refractivity contribution is -0.137. The molecule has 1 aliphatic rings. The predicted molar refractivity (Wildman–Crippen MR) is 47.8 cm³/mol. The van der Waals surface area contributed by atoms with Gasteiger partial charge in [-0.1, -0.05) is 26.7 Å². The molecule has 1 unspecified atom stereocenters. The second-order valence-electron chi connectivity index (χ2n) is 4.08. The molecule has 1 rings (SSSR count). The Hall–Kier alpha value is -0.530. The minimum Gasteiger partial charge on any atom is -0.465 e. The average molecular weight is 170 g/mol. The van der Waals surface area contributed by atoms with Gasteiger partial charge in [-0.25, -0.2) is 0 Å². The molecule has 1 atom stereocenters. The third-order valence-corrected chi connectivity index (χ3v) is 2.33. The third-order valence-electron chi connectivity index (χ3n) is 2.33. The van der Waals surface area contributed by atoms with Gasteiger partial charge in [0.1, 0.15) is 0 Å². The minimum atomic E-state index is -0.00968. The van der Waals surface area contributed by atoms with Crippen LogP contribution in [0.1, 0.15) is 39.5 Å². The van der Waals surface area contributed by atoms with Crippen LogP contribution < -0.4 is 0 Å². The van der Waals surface area contributed by atoms with E-state index in [-0.39, 0.29) is 5.97 Å². The molecular formula is C10H18O2. The second-order valence-corrected chi connectivity index (χ2v) is 4.08. The van der Waals surface area contributed by atoms with E-state index >= 15 is 0 Å². The summed E-state index contributed by atoms with van der Waals surface area (Å²) in [6, 6.07) is 0. The maximum absolute atomic E-state index is 10.7. The van der Waals surface area contributed by atoms with E-state index < -0.39 is 0 Å². The van der Waals surface area contributed by atoms with Gasteiger partial charge in [-0.05, 0) is 12.3 Å². The number of ether oxygens (including phenoxy) is 1. The predicted octanol–water partition coefficient (Wildman–Crippen LogP) is 2.38. The number of hydrogen-bond donors (Lipinski definition) is 0. The van der Waals surface area contributed by atoms with E-state index in [1.54, 1.807) is 0 Å². The van der Waals surface area contributed by atoms with Crippen molar-refractivity contribution in [1.82, 2.24) is 0 Å². The summed E-state index contributed by atoms with van der Waals surface area (Å²) in [7, 11) is 0. The Morgan fingerprint density at radius 3 is 2.83 bits per heavy atom. The molecule has 0 amide bonds. The Morgan fingerprint density at radius 2 is 2.33 bits per heavy atom. The molecule has 2 heteroatoms. The average Bonchev–Trinajstić information content (AvgIpc) is 2.35. The van der Waals surface area contributed by atoms with Crippen LogP contribution in [0.2, 0.25) is 0 Å². The molecule has 1 fully saturated rings. The van der Waals surface area contributed by atoms with Crippen molar-refractivity contribution >= 4 is 5.97 Å². The van der Waals surface area contributed by atoms with Crippen LogP contribution in [0.15, 0.2) is 0 Å². The van der Waals surface area contributed by atoms with Gasteiger partial charge in [0.05, 0.1) is 13.0 Å². The zero-order valence-corrected chi connectivity index (χ0v) is 8.01. The lowest BCUT2D eigenvalue weighted by atomic mass is 9.98. The Morgan fingerprint density at radius 1 is 1.58 bits per heavy atom. The largest absolute Gasteiger partial charge is 0.465 e. The lowest BCUT2D eigenvalue weighted by Crippen LogP contribution is -1.99. The van der Waals surface area contributed by atoms with Gasteiger partial charge in [0.2, 0.25) is 0 Å². The molecule has 0 spiro atoms. The van der Waals surface area contributed by atoms with Crippen LogP contribution in [0.25, 0.3) is 0 Å². The van der Waals surface area contributed by atoms with Crippen LogP contribution in [-0.4, -0.2) is 12.6 Å². The van der Waals surface area contributed by atoms with Crippen molar-refractivity contribution in [3.63, 3.8) is 0 Å². The maximum Gasteiger partial charge on any atom is 0.306 e. The summed E-state index contributed by atoms with van der Waals surface area (Å²) < 4.78 is 4.88. The van der Waals surface area contributed by atoms with Gasteiger partial charge in [-0.3, -0.25) is 4.79 Å². The van der Waals surface area contributed by atoms with Gasteiger partial charge in [-0.15, -0.1) is 0 Å². The van der Waals surface area contributed by atoms with E-state index in [0.29, 0.717) is 18.9 Å². The van der Waals surface area contributed by atoms with E-state index in [4.69, 9.17) is 4.74 Å². The molecule has 70 valence electrons. The fourth-order valence-corrected chi connectivity index (χ4v) is 1.56. The van der Waals surface area contributed by atoms with Gasteiger partial charge >= 0.3 is 5.97 Å². The minimum absolute atomic E-state index is 0.00968. The number of esters is 1. The highest BCUT2D eigenvalue weighted by molar-refractivity contribution is 5.71. The third kappa shape index (κ3) is 3.24. The molecule has 12 heavy (non-hydrogen) atoms. The summed E-state index contributed by atoms with van der Waals surface area (Å²) in [6.07, 6.45) is 4.31. The summed E-state index contributed by atoms with van der Waals surface area (Å²) in [5.41, 5.74) is 0. The molecule has 0 saturated carbocycles. The fraction of sp³-hybridized carbons (Fsp3) is 0.900. The number of rotatable bonds is 4. The molecule has 0 N–H and O–H groups in total. The van der Waals surface area contributed by atoms with Crippen molar-refractivity contribution < 1.29 is 9.53 Å². The van der Waals surface area contributed by atoms with Crippen LogP contribution in [0.5, 0.6) is 0 Å². The maximum atomic E-state index is 10.7. The summed E-state index contributed by atoms with van der Waals surface area (Å²) in [5.74, 6) is 1.28. The van der Waals surface area contributed by atoms with Gasteiger partial charge in [-0.2, -0.15) is 0 Å². The first-order chi connectivity index (χ1) is 5.68. The van der Waals surface area contributed by atoms with Gasteiger partial charge in [0.25, 0.3) is 0 Å². The van der Waals surface area contributed by atoms with Gasteiger partial charge < -0.3 is 4.74 Å². The first-order valence-corrected chi connectivity index (χ1v) is 4.84. The number of cyclic esters (lactones) is 1. The van der Waals surface area contributed by atoms with Crippen LogP contribution >= 0.6 is 0 Å². The summed E-state index contributed by atoms with van der Waals surface area (Å²) in [6.45, 7) is 5.13. The first kappa shape index (κ1) is 9.56. The van der Waals surface area contributed by atoms with E-state index in [1.807, 2.05) is 0 Å². The molecule has 0 radical (unpaired) electrons. The summed E-state index contributed by atoms with van der Waals surface area (Å²) in [4.78, 5) is 10.7. The molecule has 1 aliphatic heterocycles. The molecule has 0 bridgehead atoms. The highest BCUT2D eigenvalue weighted by Crippen LogP contribution is 2.21. The number of carbonyl (C=O) groups excluding carboxylic acids is 1. The van der Waals surface area contributed by atoms with E-state index in [0.717, 1.165) is 12.3 Å². The van der Waals surface area contributed by atoms with Gasteiger partial charge in [0, 0.05) is 5.92 Å². The molecule has 1 heterocycles. The zero-order chi connectivity index (χ0) is 8.97. The van der Waals surface area contributed by atoms with Crippen molar-refractivity contribution in [2.24, 2.45) is 11.8 Å². The van der Waals surface area contributed by atoms with E-state index in [9.17, 15) is 4.79 Å². The molecule has 0 aromatic heterocycles.